The van der Waals surface area contributed by atoms with Gasteiger partial charge in [-0.2, -0.15) is 0 Å². The van der Waals surface area contributed by atoms with Crippen LogP contribution in [-0.2, 0) is 28.7 Å². The van der Waals surface area contributed by atoms with Crippen LogP contribution < -0.4 is 0 Å². The molecule has 352 valence electrons. The Bertz CT molecular complexity index is 2830. The number of fused-ring (bicyclic) bond motifs is 6. The van der Waals surface area contributed by atoms with Gasteiger partial charge in [0.15, 0.2) is 0 Å². The highest BCUT2D eigenvalue weighted by Crippen LogP contribution is 2.58. The Labute approximate surface area is 399 Å². The van der Waals surface area contributed by atoms with Gasteiger partial charge in [-0.15, -0.1) is 0 Å². The lowest BCUT2D eigenvalue weighted by Crippen LogP contribution is -2.45. The van der Waals surface area contributed by atoms with Crippen molar-refractivity contribution in [2.24, 2.45) is 22.7 Å². The lowest BCUT2D eigenvalue weighted by Gasteiger charge is -2.31. The van der Waals surface area contributed by atoms with Gasteiger partial charge < -0.3 is 24.3 Å². The maximum absolute atomic E-state index is 14.4. The molecule has 2 aliphatic carbocycles. The summed E-state index contributed by atoms with van der Waals surface area (Å²) in [6, 6.07) is 29.4. The maximum atomic E-state index is 14.4. The van der Waals surface area contributed by atoms with Crippen molar-refractivity contribution in [2.75, 3.05) is 20.8 Å². The Morgan fingerprint density at radius 3 is 2.09 bits per heavy atom. The van der Waals surface area contributed by atoms with E-state index in [1.54, 1.807) is 0 Å². The summed E-state index contributed by atoms with van der Waals surface area (Å²) in [5.74, 6) is 0.320. The second kappa shape index (κ2) is 18.6. The highest BCUT2D eigenvalue weighted by Gasteiger charge is 2.44. The molecule has 0 spiro atoms. The molecule has 1 saturated carbocycles. The van der Waals surface area contributed by atoms with E-state index in [1.165, 1.54) is 61.3 Å². The second-order valence-corrected chi connectivity index (χ2v) is 20.5. The molecule has 1 N–H and O–H groups in total. The van der Waals surface area contributed by atoms with Crippen molar-refractivity contribution in [3.63, 3.8) is 0 Å². The first kappa shape index (κ1) is 45.4. The predicted octanol–water partition coefficient (Wildman–Crippen LogP) is 10.9. The molecule has 5 aliphatic rings. The summed E-state index contributed by atoms with van der Waals surface area (Å²) >= 11 is 0. The third kappa shape index (κ3) is 8.36. The molecular formula is C57H63N5O6. The molecule has 2 unspecified atom stereocenters. The van der Waals surface area contributed by atoms with Crippen LogP contribution in [0.5, 0.6) is 0 Å². The van der Waals surface area contributed by atoms with E-state index >= 15 is 0 Å². The number of methoxy groups -OCH3 is 2. The minimum atomic E-state index is -0.643. The lowest BCUT2D eigenvalue weighted by molar-refractivity contribution is -0.148. The van der Waals surface area contributed by atoms with Gasteiger partial charge >= 0.3 is 11.9 Å². The normalized spacial score (nSPS) is 23.8. The SMILES string of the molecule is COC(=O)C[C@H](C(=O)N1[C@@H](C)CC[C@H]1c1nc2ccc(-c3ccc(-c4ccc(C5=CN=C([C@@H]6C[C@H](C)CN6C(=O)[C@@H](CC(=O)OC)C(C)C)C5)cc4)c4c3C3CCC4C3)cc2[nH]1)c1ccccc1. The van der Waals surface area contributed by atoms with Crippen LogP contribution in [0.3, 0.4) is 0 Å². The average Bonchev–Trinajstić information content (AvgIpc) is 4.23. The highest BCUT2D eigenvalue weighted by molar-refractivity contribution is 6.03. The first-order valence-corrected chi connectivity index (χ1v) is 24.7. The molecule has 68 heavy (non-hydrogen) atoms. The third-order valence-electron chi connectivity index (χ3n) is 15.9. The summed E-state index contributed by atoms with van der Waals surface area (Å²) in [6.07, 6.45) is 8.84. The van der Waals surface area contributed by atoms with Gasteiger partial charge in [0.2, 0.25) is 11.8 Å². The van der Waals surface area contributed by atoms with Crippen LogP contribution in [-0.4, -0.2) is 82.1 Å². The van der Waals surface area contributed by atoms with Crippen molar-refractivity contribution in [2.45, 2.75) is 121 Å². The van der Waals surface area contributed by atoms with E-state index in [9.17, 15) is 19.2 Å². The Kier molecular flexibility index (Phi) is 12.4. The van der Waals surface area contributed by atoms with Crippen LogP contribution in [0.15, 0.2) is 96.1 Å². The van der Waals surface area contributed by atoms with Crippen molar-refractivity contribution >= 4 is 46.1 Å². The number of carbonyl (C=O) groups excluding carboxylic acids is 4. The average molecular weight is 914 g/mol. The number of H-pyrrole nitrogens is 1. The van der Waals surface area contributed by atoms with Gasteiger partial charge in [-0.1, -0.05) is 93.6 Å². The molecule has 2 amide bonds. The van der Waals surface area contributed by atoms with Crippen LogP contribution in [0, 0.1) is 17.8 Å². The lowest BCUT2D eigenvalue weighted by atomic mass is 9.81. The zero-order valence-corrected chi connectivity index (χ0v) is 40.2. The summed E-state index contributed by atoms with van der Waals surface area (Å²) in [5.41, 5.74) is 13.9. The number of imidazole rings is 1. The summed E-state index contributed by atoms with van der Waals surface area (Å²) in [4.78, 5) is 70.8. The fourth-order valence-electron chi connectivity index (χ4n) is 12.3. The molecule has 2 saturated heterocycles. The van der Waals surface area contributed by atoms with Gasteiger partial charge in [0.25, 0.3) is 0 Å². The fraction of sp³-hybridized carbons (Fsp3) is 0.439. The number of aromatic nitrogens is 2. The number of hydrogen-bond donors (Lipinski definition) is 1. The van der Waals surface area contributed by atoms with Crippen molar-refractivity contribution in [1.82, 2.24) is 19.8 Å². The molecule has 3 fully saturated rings. The number of rotatable bonds is 13. The number of benzene rings is 4. The summed E-state index contributed by atoms with van der Waals surface area (Å²) in [5, 5.41) is 0. The van der Waals surface area contributed by atoms with E-state index in [2.05, 4.69) is 73.4 Å². The molecule has 11 heteroatoms. The fourth-order valence-corrected chi connectivity index (χ4v) is 12.3. The van der Waals surface area contributed by atoms with Crippen molar-refractivity contribution in [3.8, 4) is 22.3 Å². The minimum absolute atomic E-state index is 0.00473. The predicted molar refractivity (Wildman–Crippen MR) is 265 cm³/mol. The number of allylic oxidation sites excluding steroid dienone is 1. The number of nitrogens with zero attached hydrogens (tertiary/aromatic N) is 4. The van der Waals surface area contributed by atoms with Gasteiger partial charge in [-0.05, 0) is 131 Å². The first-order chi connectivity index (χ1) is 32.9. The van der Waals surface area contributed by atoms with Gasteiger partial charge in [-0.3, -0.25) is 24.2 Å². The van der Waals surface area contributed by atoms with Gasteiger partial charge in [0, 0.05) is 30.9 Å². The van der Waals surface area contributed by atoms with E-state index in [4.69, 9.17) is 19.5 Å². The van der Waals surface area contributed by atoms with Crippen molar-refractivity contribution in [3.05, 3.63) is 119 Å². The smallest absolute Gasteiger partial charge is 0.306 e. The Balaban J connectivity index is 0.875. The molecule has 8 atom stereocenters. The molecule has 1 aromatic heterocycles. The van der Waals surface area contributed by atoms with Crippen LogP contribution in [0.4, 0.5) is 0 Å². The summed E-state index contributed by atoms with van der Waals surface area (Å²) in [6.45, 7) is 8.93. The second-order valence-electron chi connectivity index (χ2n) is 20.5. The third-order valence-corrected chi connectivity index (χ3v) is 15.9. The van der Waals surface area contributed by atoms with Crippen LogP contribution >= 0.6 is 0 Å². The number of aliphatic imine (C=N–C) groups is 1. The molecule has 5 aromatic rings. The van der Waals surface area contributed by atoms with Crippen LogP contribution in [0.25, 0.3) is 38.9 Å². The number of amides is 2. The van der Waals surface area contributed by atoms with Gasteiger partial charge in [0.1, 0.15) is 5.82 Å². The molecule has 4 heterocycles. The first-order valence-electron chi connectivity index (χ1n) is 24.7. The van der Waals surface area contributed by atoms with Crippen molar-refractivity contribution in [1.29, 1.82) is 0 Å². The van der Waals surface area contributed by atoms with E-state index in [0.29, 0.717) is 30.7 Å². The van der Waals surface area contributed by atoms with Gasteiger partial charge in [0.05, 0.1) is 62.0 Å². The van der Waals surface area contributed by atoms with Crippen LogP contribution in [0.2, 0.25) is 0 Å². The molecule has 3 aliphatic heterocycles. The maximum Gasteiger partial charge on any atom is 0.306 e. The molecular weight excluding hydrogens is 851 g/mol. The highest BCUT2D eigenvalue weighted by atomic mass is 16.5. The Hall–Kier alpha value is -6.36. The number of carbonyl (C=O) groups is 4. The standard InChI is InChI=1S/C57H63N5O6/c1-32(2)44(28-51(63)67-5)56(65)61-31-33(3)24-50(61)48-27-41(30-58-48)35-13-15-37(16-14-35)42-20-21-43(54-40-18-17-39(25-40)53(42)54)38-19-22-46-47(26-38)60-55(59-46)49-23-12-34(4)62(49)57(66)45(29-52(64)68-6)36-10-8-7-9-11-36/h7-11,13-16,19-22,26,30,32-34,39-40,44-45,49-50H,12,17-18,23-25,27-29,31H2,1-6H3,(H,59,60)/t33-,34-,39?,40?,44-,45-,49-,50-/m0/s1. The topological polar surface area (TPSA) is 134 Å². The molecule has 4 aromatic carbocycles. The largest absolute Gasteiger partial charge is 0.469 e. The van der Waals surface area contributed by atoms with E-state index < -0.39 is 17.8 Å². The Morgan fingerprint density at radius 1 is 0.735 bits per heavy atom. The Morgan fingerprint density at radius 2 is 1.40 bits per heavy atom. The van der Waals surface area contributed by atoms with E-state index in [-0.39, 0.29) is 54.7 Å². The number of nitrogens with one attached hydrogen (secondary N) is 1. The summed E-state index contributed by atoms with van der Waals surface area (Å²) in [7, 11) is 2.74. The zero-order chi connectivity index (χ0) is 47.4. The monoisotopic (exact) mass is 913 g/mol. The molecule has 0 radical (unpaired) electrons. The van der Waals surface area contributed by atoms with Crippen LogP contribution in [0.1, 0.15) is 137 Å². The van der Waals surface area contributed by atoms with E-state index in [1.807, 2.05) is 60.2 Å². The van der Waals surface area contributed by atoms with Gasteiger partial charge in [-0.25, -0.2) is 4.98 Å². The number of aromatic amines is 1. The zero-order valence-electron chi connectivity index (χ0n) is 40.2. The molecule has 2 bridgehead atoms. The quantitative estimate of drug-likeness (QED) is 0.116. The number of likely N-dealkylation sites (tertiary alicyclic amines) is 2. The molecule has 11 nitrogen and oxygen atoms in total. The summed E-state index contributed by atoms with van der Waals surface area (Å²) < 4.78 is 9.98. The number of hydrogen-bond acceptors (Lipinski definition) is 8. The minimum Gasteiger partial charge on any atom is -0.469 e. The van der Waals surface area contributed by atoms with Crippen molar-refractivity contribution < 1.29 is 28.7 Å². The number of ether oxygens (including phenoxy) is 2. The number of esters is 2. The molecule has 10 rings (SSSR count). The van der Waals surface area contributed by atoms with E-state index in [0.717, 1.165) is 64.1 Å².